The third-order valence-electron chi connectivity index (χ3n) is 5.01. The largest absolute Gasteiger partial charge is 0.462 e. The molecule has 31 heavy (non-hydrogen) atoms. The van der Waals surface area contributed by atoms with Crippen molar-refractivity contribution >= 4 is 34.3 Å². The number of nitrogens with one attached hydrogen (secondary N) is 1. The highest BCUT2D eigenvalue weighted by Gasteiger charge is 2.24. The molecular formula is C25H28N2O2S2. The fourth-order valence-corrected chi connectivity index (χ4v) is 5.40. The van der Waals surface area contributed by atoms with Crippen LogP contribution in [0.3, 0.4) is 0 Å². The zero-order valence-corrected chi connectivity index (χ0v) is 20.1. The number of esters is 1. The summed E-state index contributed by atoms with van der Waals surface area (Å²) in [6, 6.07) is 12.6. The van der Waals surface area contributed by atoms with Crippen molar-refractivity contribution in [2.75, 3.05) is 18.5 Å². The van der Waals surface area contributed by atoms with Gasteiger partial charge in [-0.3, -0.25) is 0 Å². The smallest absolute Gasteiger partial charge is 0.348 e. The number of aryl methyl sites for hydroxylation is 1. The number of ether oxygens (including phenoxy) is 1. The van der Waals surface area contributed by atoms with E-state index < -0.39 is 0 Å². The lowest BCUT2D eigenvalue weighted by molar-refractivity contribution is 0.0533. The van der Waals surface area contributed by atoms with Crippen LogP contribution in [0, 0.1) is 17.2 Å². The average Bonchev–Trinajstić information content (AvgIpc) is 3.38. The van der Waals surface area contributed by atoms with E-state index in [1.54, 1.807) is 18.3 Å². The number of nitriles is 1. The van der Waals surface area contributed by atoms with Gasteiger partial charge in [0.2, 0.25) is 0 Å². The molecule has 2 aromatic heterocycles. The Labute approximate surface area is 192 Å². The van der Waals surface area contributed by atoms with Gasteiger partial charge in [-0.05, 0) is 48.3 Å². The van der Waals surface area contributed by atoms with Gasteiger partial charge in [-0.25, -0.2) is 4.79 Å². The van der Waals surface area contributed by atoms with Gasteiger partial charge in [0.1, 0.15) is 10.9 Å². The van der Waals surface area contributed by atoms with Gasteiger partial charge in [0, 0.05) is 17.0 Å². The highest BCUT2D eigenvalue weighted by atomic mass is 32.1. The summed E-state index contributed by atoms with van der Waals surface area (Å²) < 4.78 is 5.26. The SMILES string of the molecule is CCOC(=O)c1sc(CC)c(C#N)c1-c1ccc(-c2sccc2NCCC(C)C)cc1. The number of rotatable bonds is 9. The Morgan fingerprint density at radius 2 is 1.87 bits per heavy atom. The summed E-state index contributed by atoms with van der Waals surface area (Å²) in [6.07, 6.45) is 1.83. The number of hydrogen-bond donors (Lipinski definition) is 1. The number of benzene rings is 1. The van der Waals surface area contributed by atoms with Crippen molar-refractivity contribution in [1.82, 2.24) is 0 Å². The van der Waals surface area contributed by atoms with Crippen molar-refractivity contribution in [3.05, 3.63) is 51.0 Å². The fourth-order valence-electron chi connectivity index (χ4n) is 3.42. The minimum Gasteiger partial charge on any atom is -0.462 e. The Hall–Kier alpha value is -2.62. The van der Waals surface area contributed by atoms with Crippen LogP contribution in [0.5, 0.6) is 0 Å². The number of carbonyl (C=O) groups is 1. The molecule has 0 aliphatic heterocycles. The molecule has 3 aromatic rings. The summed E-state index contributed by atoms with van der Waals surface area (Å²) in [5.74, 6) is 0.299. The summed E-state index contributed by atoms with van der Waals surface area (Å²) >= 11 is 3.07. The van der Waals surface area contributed by atoms with E-state index in [4.69, 9.17) is 4.74 Å². The molecule has 0 aliphatic rings. The van der Waals surface area contributed by atoms with E-state index in [0.717, 1.165) is 34.7 Å². The van der Waals surface area contributed by atoms with Crippen LogP contribution in [0.1, 0.15) is 54.2 Å². The number of carbonyl (C=O) groups excluding carboxylic acids is 1. The van der Waals surface area contributed by atoms with Crippen molar-refractivity contribution in [2.45, 2.75) is 40.5 Å². The molecule has 1 aromatic carbocycles. The molecule has 0 unspecified atom stereocenters. The molecule has 0 atom stereocenters. The van der Waals surface area contributed by atoms with Gasteiger partial charge in [-0.15, -0.1) is 22.7 Å². The van der Waals surface area contributed by atoms with Crippen LogP contribution in [-0.4, -0.2) is 19.1 Å². The van der Waals surface area contributed by atoms with Crippen molar-refractivity contribution in [3.63, 3.8) is 0 Å². The van der Waals surface area contributed by atoms with E-state index in [2.05, 4.69) is 48.8 Å². The second kappa shape index (κ2) is 10.6. The minimum absolute atomic E-state index is 0.309. The first kappa shape index (κ1) is 23.1. The summed E-state index contributed by atoms with van der Waals surface area (Å²) in [5.41, 5.74) is 4.40. The maximum absolute atomic E-state index is 12.6. The lowest BCUT2D eigenvalue weighted by Crippen LogP contribution is -2.04. The molecule has 1 N–H and O–H groups in total. The molecule has 0 saturated heterocycles. The number of anilines is 1. The normalized spacial score (nSPS) is 10.8. The summed E-state index contributed by atoms with van der Waals surface area (Å²) in [7, 11) is 0. The average molecular weight is 453 g/mol. The summed E-state index contributed by atoms with van der Waals surface area (Å²) in [4.78, 5) is 15.2. The van der Waals surface area contributed by atoms with E-state index in [1.165, 1.54) is 16.2 Å². The van der Waals surface area contributed by atoms with Crippen LogP contribution in [0.25, 0.3) is 21.6 Å². The van der Waals surface area contributed by atoms with Gasteiger partial charge >= 0.3 is 5.97 Å². The Morgan fingerprint density at radius 3 is 2.48 bits per heavy atom. The maximum Gasteiger partial charge on any atom is 0.348 e. The second-order valence-corrected chi connectivity index (χ2v) is 9.66. The minimum atomic E-state index is -0.363. The van der Waals surface area contributed by atoms with Gasteiger partial charge in [-0.2, -0.15) is 5.26 Å². The van der Waals surface area contributed by atoms with Crippen molar-refractivity contribution in [2.24, 2.45) is 5.92 Å². The molecular weight excluding hydrogens is 424 g/mol. The molecule has 3 rings (SSSR count). The van der Waals surface area contributed by atoms with Gasteiger partial charge in [-0.1, -0.05) is 45.0 Å². The first-order valence-corrected chi connectivity index (χ1v) is 12.3. The van der Waals surface area contributed by atoms with Crippen LogP contribution in [0.4, 0.5) is 5.69 Å². The summed E-state index contributed by atoms with van der Waals surface area (Å²) in [6.45, 7) is 9.50. The first-order valence-electron chi connectivity index (χ1n) is 10.6. The lowest BCUT2D eigenvalue weighted by atomic mass is 9.98. The quantitative estimate of drug-likeness (QED) is 0.348. The van der Waals surface area contributed by atoms with Crippen LogP contribution in [0.2, 0.25) is 0 Å². The van der Waals surface area contributed by atoms with Crippen molar-refractivity contribution < 1.29 is 9.53 Å². The van der Waals surface area contributed by atoms with E-state index >= 15 is 0 Å². The molecule has 0 amide bonds. The molecule has 0 aliphatic carbocycles. The lowest BCUT2D eigenvalue weighted by Gasteiger charge is -2.10. The standard InChI is InChI=1S/C25H28N2O2S2/c1-5-21-19(15-26)22(24(31-21)25(28)29-6-2)17-7-9-18(10-8-17)23-20(12-14-30-23)27-13-11-16(3)4/h7-10,12,14,16,27H,5-6,11,13H2,1-4H3. The Bertz CT molecular complexity index is 1070. The summed E-state index contributed by atoms with van der Waals surface area (Å²) in [5, 5.41) is 15.4. The molecule has 162 valence electrons. The molecule has 0 bridgehead atoms. The van der Waals surface area contributed by atoms with Crippen LogP contribution in [-0.2, 0) is 11.2 Å². The predicted octanol–water partition coefficient (Wildman–Crippen LogP) is 7.21. The molecule has 0 fully saturated rings. The van der Waals surface area contributed by atoms with Crippen LogP contribution >= 0.6 is 22.7 Å². The zero-order valence-electron chi connectivity index (χ0n) is 18.5. The molecule has 0 spiro atoms. The van der Waals surface area contributed by atoms with Crippen LogP contribution in [0.15, 0.2) is 35.7 Å². The number of thiophene rings is 2. The monoisotopic (exact) mass is 452 g/mol. The van der Waals surface area contributed by atoms with Gasteiger partial charge in [0.05, 0.1) is 22.7 Å². The van der Waals surface area contributed by atoms with Gasteiger partial charge in [0.25, 0.3) is 0 Å². The van der Waals surface area contributed by atoms with E-state index in [-0.39, 0.29) is 5.97 Å². The zero-order chi connectivity index (χ0) is 22.4. The molecule has 2 heterocycles. The van der Waals surface area contributed by atoms with Crippen molar-refractivity contribution in [1.29, 1.82) is 5.26 Å². The van der Waals surface area contributed by atoms with E-state index in [0.29, 0.717) is 34.9 Å². The molecule has 0 radical (unpaired) electrons. The molecule has 6 heteroatoms. The molecule has 4 nitrogen and oxygen atoms in total. The predicted molar refractivity (Wildman–Crippen MR) is 131 cm³/mol. The Balaban J connectivity index is 1.94. The fraction of sp³-hybridized carbons (Fsp3) is 0.360. The van der Waals surface area contributed by atoms with Crippen molar-refractivity contribution in [3.8, 4) is 27.6 Å². The topological polar surface area (TPSA) is 62.1 Å². The van der Waals surface area contributed by atoms with Gasteiger partial charge < -0.3 is 10.1 Å². The van der Waals surface area contributed by atoms with E-state index in [9.17, 15) is 10.1 Å². The highest BCUT2D eigenvalue weighted by molar-refractivity contribution is 7.15. The third kappa shape index (κ3) is 5.17. The maximum atomic E-state index is 12.6. The number of hydrogen-bond acceptors (Lipinski definition) is 6. The van der Waals surface area contributed by atoms with Crippen LogP contribution < -0.4 is 5.32 Å². The first-order chi connectivity index (χ1) is 15.0. The van der Waals surface area contributed by atoms with Gasteiger partial charge in [0.15, 0.2) is 0 Å². The number of nitrogens with zero attached hydrogens (tertiary/aromatic N) is 1. The highest BCUT2D eigenvalue weighted by Crippen LogP contribution is 2.39. The molecule has 0 saturated carbocycles. The third-order valence-corrected chi connectivity index (χ3v) is 7.29. The second-order valence-electron chi connectivity index (χ2n) is 7.64. The van der Waals surface area contributed by atoms with E-state index in [1.807, 2.05) is 19.1 Å². The Morgan fingerprint density at radius 1 is 1.16 bits per heavy atom. The Kier molecular flexibility index (Phi) is 7.89.